The lowest BCUT2D eigenvalue weighted by Crippen LogP contribution is -2.29. The number of carbonyl (C=O) groups excluding carboxylic acids is 2. The largest absolute Gasteiger partial charge is 0.393 e. The summed E-state index contributed by atoms with van der Waals surface area (Å²) in [5.41, 5.74) is 0. The van der Waals surface area contributed by atoms with Crippen LogP contribution in [0.4, 0.5) is 0 Å². The Labute approximate surface area is 133 Å². The van der Waals surface area contributed by atoms with Gasteiger partial charge in [0, 0.05) is 25.9 Å². The van der Waals surface area contributed by atoms with E-state index in [9.17, 15) is 14.7 Å². The maximum Gasteiger partial charge on any atom is 0.223 e. The Hall–Kier alpha value is -1.62. The van der Waals surface area contributed by atoms with Crippen LogP contribution in [-0.4, -0.2) is 36.1 Å². The molecule has 0 aliphatic heterocycles. The van der Waals surface area contributed by atoms with Crippen molar-refractivity contribution in [2.24, 2.45) is 0 Å². The Balaban J connectivity index is 3.59. The number of hydrogen-bond acceptors (Lipinski definition) is 3. The fourth-order valence-electron chi connectivity index (χ4n) is 1.76. The second-order valence-electron chi connectivity index (χ2n) is 5.10. The Morgan fingerprint density at radius 3 is 1.64 bits per heavy atom. The second kappa shape index (κ2) is 14.3. The van der Waals surface area contributed by atoms with E-state index < -0.39 is 6.10 Å². The molecule has 0 aromatic rings. The number of nitrogens with one attached hydrogen (secondary N) is 2. The number of amides is 2. The van der Waals surface area contributed by atoms with Crippen LogP contribution in [0.5, 0.6) is 0 Å². The van der Waals surface area contributed by atoms with E-state index in [2.05, 4.69) is 10.6 Å². The smallest absolute Gasteiger partial charge is 0.223 e. The zero-order chi connectivity index (χ0) is 16.6. The Kier molecular flexibility index (Phi) is 13.3. The molecule has 0 aromatic carbocycles. The maximum atomic E-state index is 11.4. The molecule has 3 N–H and O–H groups in total. The lowest BCUT2D eigenvalue weighted by Gasteiger charge is -2.11. The van der Waals surface area contributed by atoms with E-state index in [-0.39, 0.29) is 11.8 Å². The topological polar surface area (TPSA) is 78.4 Å². The molecule has 0 spiro atoms. The van der Waals surface area contributed by atoms with Gasteiger partial charge in [-0.25, -0.2) is 0 Å². The van der Waals surface area contributed by atoms with Gasteiger partial charge < -0.3 is 15.7 Å². The average Bonchev–Trinajstić information content (AvgIpc) is 2.48. The van der Waals surface area contributed by atoms with Crippen molar-refractivity contribution in [3.05, 3.63) is 24.3 Å². The first-order chi connectivity index (χ1) is 10.6. The molecule has 0 heterocycles. The first-order valence-corrected chi connectivity index (χ1v) is 8.11. The lowest BCUT2D eigenvalue weighted by atomic mass is 10.2. The molecule has 0 rings (SSSR count). The summed E-state index contributed by atoms with van der Waals surface area (Å²) >= 11 is 0. The van der Waals surface area contributed by atoms with E-state index in [0.717, 1.165) is 12.8 Å². The van der Waals surface area contributed by atoms with E-state index in [1.807, 2.05) is 38.2 Å². The molecule has 0 radical (unpaired) electrons. The van der Waals surface area contributed by atoms with E-state index in [1.165, 1.54) is 0 Å². The zero-order valence-electron chi connectivity index (χ0n) is 13.8. The third-order valence-corrected chi connectivity index (χ3v) is 3.01. The average molecular weight is 310 g/mol. The summed E-state index contributed by atoms with van der Waals surface area (Å²) in [6.45, 7) is 4.94. The van der Waals surface area contributed by atoms with E-state index in [4.69, 9.17) is 0 Å². The van der Waals surface area contributed by atoms with Crippen LogP contribution in [0.1, 0.15) is 52.4 Å². The van der Waals surface area contributed by atoms with Gasteiger partial charge >= 0.3 is 0 Å². The van der Waals surface area contributed by atoms with Gasteiger partial charge in [0.05, 0.1) is 6.10 Å². The fraction of sp³-hybridized carbons (Fsp3) is 0.647. The quantitative estimate of drug-likeness (QED) is 0.483. The van der Waals surface area contributed by atoms with Crippen molar-refractivity contribution in [3.8, 4) is 0 Å². The molecule has 0 saturated heterocycles. The minimum atomic E-state index is -0.516. The standard InChI is InChI=1S/C17H30N2O3/c1-3-5-7-9-16(21)18-13-11-15(20)12-14-19-17(22)10-8-6-4-2/h5-8,15,20H,3-4,9-14H2,1-2H3,(H,18,21)(H,19,22)/b7-5-,8-6-. The van der Waals surface area contributed by atoms with Crippen molar-refractivity contribution in [1.29, 1.82) is 0 Å². The molecule has 126 valence electrons. The molecule has 0 fully saturated rings. The van der Waals surface area contributed by atoms with Crippen molar-refractivity contribution in [2.45, 2.75) is 58.5 Å². The fourth-order valence-corrected chi connectivity index (χ4v) is 1.76. The summed E-state index contributed by atoms with van der Waals surface area (Å²) in [6.07, 6.45) is 10.7. The number of rotatable bonds is 12. The SMILES string of the molecule is CC/C=C\CC(=O)NCCC(O)CCNC(=O)C/C=C\CC. The van der Waals surface area contributed by atoms with Gasteiger partial charge in [-0.3, -0.25) is 9.59 Å². The van der Waals surface area contributed by atoms with Gasteiger partial charge in [0.1, 0.15) is 0 Å². The molecule has 0 aliphatic carbocycles. The number of aliphatic hydroxyl groups is 1. The van der Waals surface area contributed by atoms with Crippen molar-refractivity contribution in [2.75, 3.05) is 13.1 Å². The van der Waals surface area contributed by atoms with Crippen LogP contribution in [0.15, 0.2) is 24.3 Å². The molecular formula is C17H30N2O3. The van der Waals surface area contributed by atoms with Crippen LogP contribution in [0.2, 0.25) is 0 Å². The van der Waals surface area contributed by atoms with E-state index in [1.54, 1.807) is 0 Å². The summed E-state index contributed by atoms with van der Waals surface area (Å²) in [5.74, 6) is -0.0687. The van der Waals surface area contributed by atoms with E-state index >= 15 is 0 Å². The lowest BCUT2D eigenvalue weighted by molar-refractivity contribution is -0.121. The molecule has 0 bridgehead atoms. The third kappa shape index (κ3) is 13.4. The van der Waals surface area contributed by atoms with Crippen LogP contribution < -0.4 is 10.6 Å². The van der Waals surface area contributed by atoms with E-state index in [0.29, 0.717) is 38.8 Å². The van der Waals surface area contributed by atoms with Crippen LogP contribution in [-0.2, 0) is 9.59 Å². The summed E-state index contributed by atoms with van der Waals surface area (Å²) in [4.78, 5) is 22.8. The van der Waals surface area contributed by atoms with Gasteiger partial charge in [0.2, 0.25) is 11.8 Å². The number of aliphatic hydroxyl groups excluding tert-OH is 1. The maximum absolute atomic E-state index is 11.4. The molecule has 0 aliphatic rings. The van der Waals surface area contributed by atoms with Crippen molar-refractivity contribution >= 4 is 11.8 Å². The first-order valence-electron chi connectivity index (χ1n) is 8.11. The molecule has 0 unspecified atom stereocenters. The number of carbonyl (C=O) groups is 2. The zero-order valence-corrected chi connectivity index (χ0v) is 13.8. The summed E-state index contributed by atoms with van der Waals surface area (Å²) in [6, 6.07) is 0. The Bertz CT molecular complexity index is 331. The van der Waals surface area contributed by atoms with Gasteiger partial charge in [-0.2, -0.15) is 0 Å². The molecular weight excluding hydrogens is 280 g/mol. The molecule has 22 heavy (non-hydrogen) atoms. The van der Waals surface area contributed by atoms with Crippen LogP contribution in [0.3, 0.4) is 0 Å². The van der Waals surface area contributed by atoms with Crippen LogP contribution in [0, 0.1) is 0 Å². The highest BCUT2D eigenvalue weighted by Crippen LogP contribution is 1.96. The Morgan fingerprint density at radius 2 is 1.27 bits per heavy atom. The summed E-state index contributed by atoms with van der Waals surface area (Å²) < 4.78 is 0. The van der Waals surface area contributed by atoms with Gasteiger partial charge in [0.15, 0.2) is 0 Å². The van der Waals surface area contributed by atoms with Gasteiger partial charge in [-0.15, -0.1) is 0 Å². The van der Waals surface area contributed by atoms with Gasteiger partial charge in [-0.1, -0.05) is 38.2 Å². The minimum Gasteiger partial charge on any atom is -0.393 e. The summed E-state index contributed by atoms with van der Waals surface area (Å²) in [7, 11) is 0. The van der Waals surface area contributed by atoms with Gasteiger partial charge in [-0.05, 0) is 25.7 Å². The van der Waals surface area contributed by atoms with Crippen LogP contribution >= 0.6 is 0 Å². The van der Waals surface area contributed by atoms with Crippen molar-refractivity contribution in [1.82, 2.24) is 10.6 Å². The predicted octanol–water partition coefficient (Wildman–Crippen LogP) is 2.07. The predicted molar refractivity (Wildman–Crippen MR) is 89.4 cm³/mol. The highest BCUT2D eigenvalue weighted by molar-refractivity contribution is 5.77. The highest BCUT2D eigenvalue weighted by Gasteiger charge is 2.06. The second-order valence-corrected chi connectivity index (χ2v) is 5.10. The third-order valence-electron chi connectivity index (χ3n) is 3.01. The minimum absolute atomic E-state index is 0.0343. The highest BCUT2D eigenvalue weighted by atomic mass is 16.3. The van der Waals surface area contributed by atoms with Crippen LogP contribution in [0.25, 0.3) is 0 Å². The monoisotopic (exact) mass is 310 g/mol. The van der Waals surface area contributed by atoms with Crippen molar-refractivity contribution < 1.29 is 14.7 Å². The first kappa shape index (κ1) is 20.4. The molecule has 0 saturated carbocycles. The number of allylic oxidation sites excluding steroid dienone is 2. The molecule has 5 nitrogen and oxygen atoms in total. The molecule has 0 atom stereocenters. The normalized spacial score (nSPS) is 11.5. The molecule has 0 aromatic heterocycles. The van der Waals surface area contributed by atoms with Gasteiger partial charge in [0.25, 0.3) is 0 Å². The van der Waals surface area contributed by atoms with Crippen molar-refractivity contribution in [3.63, 3.8) is 0 Å². The summed E-state index contributed by atoms with van der Waals surface area (Å²) in [5, 5.41) is 15.3. The molecule has 5 heteroatoms. The molecule has 2 amide bonds. The Morgan fingerprint density at radius 1 is 0.864 bits per heavy atom. The number of hydrogen-bond donors (Lipinski definition) is 3.